The van der Waals surface area contributed by atoms with Gasteiger partial charge in [0.2, 0.25) is 0 Å². The van der Waals surface area contributed by atoms with E-state index >= 15 is 0 Å². The second-order valence-electron chi connectivity index (χ2n) is 3.95. The van der Waals surface area contributed by atoms with Crippen LogP contribution < -0.4 is 0 Å². The highest BCUT2D eigenvalue weighted by Gasteiger charge is 2.22. The Hall–Kier alpha value is -0.730. The van der Waals surface area contributed by atoms with E-state index in [9.17, 15) is 5.11 Å². The zero-order valence-electron chi connectivity index (χ0n) is 8.20. The van der Waals surface area contributed by atoms with Gasteiger partial charge in [0, 0.05) is 11.6 Å². The van der Waals surface area contributed by atoms with Crippen LogP contribution in [0.4, 0.5) is 0 Å². The van der Waals surface area contributed by atoms with Crippen molar-refractivity contribution in [3.8, 4) is 5.75 Å². The van der Waals surface area contributed by atoms with Gasteiger partial charge in [-0.1, -0.05) is 17.7 Å². The zero-order valence-corrected chi connectivity index (χ0v) is 8.96. The molecule has 1 N–H and O–H groups in total. The monoisotopic (exact) mass is 211 g/mol. The molecule has 3 heteroatoms. The van der Waals surface area contributed by atoms with E-state index in [0.717, 1.165) is 25.1 Å². The molecule has 1 unspecified atom stereocenters. The summed E-state index contributed by atoms with van der Waals surface area (Å²) >= 11 is 6.08. The molecule has 1 aromatic rings. The van der Waals surface area contributed by atoms with Gasteiger partial charge in [0.25, 0.3) is 0 Å². The number of likely N-dealkylation sites (tertiary alicyclic amines) is 1. The average molecular weight is 212 g/mol. The van der Waals surface area contributed by atoms with Gasteiger partial charge in [-0.3, -0.25) is 0 Å². The van der Waals surface area contributed by atoms with Crippen molar-refractivity contribution in [2.75, 3.05) is 20.1 Å². The minimum atomic E-state index is 0.241. The fourth-order valence-corrected chi connectivity index (χ4v) is 2.37. The summed E-state index contributed by atoms with van der Waals surface area (Å²) in [5.41, 5.74) is 1.16. The van der Waals surface area contributed by atoms with Crippen molar-refractivity contribution in [3.05, 3.63) is 28.8 Å². The van der Waals surface area contributed by atoms with Crippen molar-refractivity contribution in [1.82, 2.24) is 4.90 Å². The van der Waals surface area contributed by atoms with Crippen LogP contribution in [-0.2, 0) is 0 Å². The molecule has 0 aromatic heterocycles. The molecule has 1 fully saturated rings. The Labute approximate surface area is 89.1 Å². The molecular formula is C11H14ClNO. The van der Waals surface area contributed by atoms with Crippen molar-refractivity contribution in [1.29, 1.82) is 0 Å². The molecule has 1 saturated heterocycles. The van der Waals surface area contributed by atoms with Crippen molar-refractivity contribution in [2.24, 2.45) is 0 Å². The third kappa shape index (κ3) is 1.86. The topological polar surface area (TPSA) is 23.5 Å². The number of hydrogen-bond acceptors (Lipinski definition) is 2. The predicted octanol–water partition coefficient (Wildman–Crippen LogP) is 2.46. The van der Waals surface area contributed by atoms with Crippen LogP contribution in [0.3, 0.4) is 0 Å². The first-order valence-corrected chi connectivity index (χ1v) is 5.21. The van der Waals surface area contributed by atoms with E-state index in [-0.39, 0.29) is 5.75 Å². The van der Waals surface area contributed by atoms with Crippen LogP contribution in [0.5, 0.6) is 5.75 Å². The maximum atomic E-state index is 9.24. The summed E-state index contributed by atoms with van der Waals surface area (Å²) in [6.07, 6.45) is 1.15. The van der Waals surface area contributed by atoms with E-state index in [0.29, 0.717) is 10.9 Å². The van der Waals surface area contributed by atoms with Crippen LogP contribution in [0.25, 0.3) is 0 Å². The Bertz CT molecular complexity index is 340. The molecule has 2 nitrogen and oxygen atoms in total. The summed E-state index contributed by atoms with van der Waals surface area (Å²) in [5, 5.41) is 9.92. The quantitative estimate of drug-likeness (QED) is 0.772. The Morgan fingerprint density at radius 2 is 2.29 bits per heavy atom. The van der Waals surface area contributed by atoms with Gasteiger partial charge < -0.3 is 10.0 Å². The third-order valence-corrected chi connectivity index (χ3v) is 3.14. The minimum Gasteiger partial charge on any atom is -0.508 e. The summed E-state index contributed by atoms with van der Waals surface area (Å²) in [6, 6.07) is 5.26. The predicted molar refractivity (Wildman–Crippen MR) is 58.0 cm³/mol. The first-order chi connectivity index (χ1) is 6.66. The number of aromatic hydroxyl groups is 1. The fourth-order valence-electron chi connectivity index (χ4n) is 2.04. The maximum absolute atomic E-state index is 9.24. The maximum Gasteiger partial charge on any atom is 0.117 e. The van der Waals surface area contributed by atoms with Gasteiger partial charge >= 0.3 is 0 Å². The summed E-state index contributed by atoms with van der Waals surface area (Å²) in [7, 11) is 2.12. The lowest BCUT2D eigenvalue weighted by molar-refractivity contribution is 0.411. The van der Waals surface area contributed by atoms with Crippen molar-refractivity contribution in [3.63, 3.8) is 0 Å². The lowest BCUT2D eigenvalue weighted by Crippen LogP contribution is -2.13. The Morgan fingerprint density at radius 3 is 2.86 bits per heavy atom. The lowest BCUT2D eigenvalue weighted by Gasteiger charge is -2.12. The molecule has 0 spiro atoms. The van der Waals surface area contributed by atoms with Gasteiger partial charge in [0.05, 0.1) is 0 Å². The van der Waals surface area contributed by atoms with Crippen LogP contribution in [0.15, 0.2) is 18.2 Å². The molecule has 2 rings (SSSR count). The number of likely N-dealkylation sites (N-methyl/N-ethyl adjacent to an activating group) is 1. The van der Waals surface area contributed by atoms with Crippen molar-refractivity contribution >= 4 is 11.6 Å². The standard InChI is InChI=1S/C11H14ClNO/c1-13-5-4-8(7-13)10-3-2-9(14)6-11(10)12/h2-3,6,8,14H,4-5,7H2,1H3. The molecule has 1 aliphatic rings. The van der Waals surface area contributed by atoms with Gasteiger partial charge in [-0.2, -0.15) is 0 Å². The average Bonchev–Trinajstić information content (AvgIpc) is 2.51. The van der Waals surface area contributed by atoms with Crippen LogP contribution in [-0.4, -0.2) is 30.1 Å². The third-order valence-electron chi connectivity index (χ3n) is 2.82. The summed E-state index contributed by atoms with van der Waals surface area (Å²) in [4.78, 5) is 2.30. The van der Waals surface area contributed by atoms with E-state index < -0.39 is 0 Å². The van der Waals surface area contributed by atoms with E-state index in [4.69, 9.17) is 11.6 Å². The van der Waals surface area contributed by atoms with Crippen LogP contribution in [0.2, 0.25) is 5.02 Å². The Kier molecular flexibility index (Phi) is 2.66. The van der Waals surface area contributed by atoms with Crippen LogP contribution in [0, 0.1) is 0 Å². The summed E-state index contributed by atoms with van der Waals surface area (Å²) < 4.78 is 0. The SMILES string of the molecule is CN1CCC(c2ccc(O)cc2Cl)C1. The van der Waals surface area contributed by atoms with E-state index in [1.54, 1.807) is 12.1 Å². The molecule has 0 bridgehead atoms. The van der Waals surface area contributed by atoms with E-state index in [1.165, 1.54) is 0 Å². The van der Waals surface area contributed by atoms with E-state index in [2.05, 4.69) is 11.9 Å². The normalized spacial score (nSPS) is 22.9. The molecule has 0 radical (unpaired) electrons. The second kappa shape index (κ2) is 3.79. The molecule has 0 aliphatic carbocycles. The molecular weight excluding hydrogens is 198 g/mol. The highest BCUT2D eigenvalue weighted by Crippen LogP contribution is 2.33. The Morgan fingerprint density at radius 1 is 1.50 bits per heavy atom. The molecule has 1 heterocycles. The van der Waals surface area contributed by atoms with Crippen molar-refractivity contribution < 1.29 is 5.11 Å². The number of benzene rings is 1. The van der Waals surface area contributed by atoms with Crippen LogP contribution in [0.1, 0.15) is 17.9 Å². The zero-order chi connectivity index (χ0) is 10.1. The summed E-state index contributed by atoms with van der Waals surface area (Å²) in [6.45, 7) is 2.19. The number of phenolic OH excluding ortho intramolecular Hbond substituents is 1. The minimum absolute atomic E-state index is 0.241. The van der Waals surface area contributed by atoms with Gasteiger partial charge in [0.15, 0.2) is 0 Å². The molecule has 76 valence electrons. The largest absolute Gasteiger partial charge is 0.508 e. The lowest BCUT2D eigenvalue weighted by atomic mass is 9.98. The number of hydrogen-bond donors (Lipinski definition) is 1. The molecule has 0 amide bonds. The highest BCUT2D eigenvalue weighted by molar-refractivity contribution is 6.31. The fraction of sp³-hybridized carbons (Fsp3) is 0.455. The Balaban J connectivity index is 2.24. The molecule has 1 atom stereocenters. The van der Waals surface area contributed by atoms with Crippen LogP contribution >= 0.6 is 11.6 Å². The van der Waals surface area contributed by atoms with Crippen molar-refractivity contribution in [2.45, 2.75) is 12.3 Å². The van der Waals surface area contributed by atoms with Gasteiger partial charge in [-0.25, -0.2) is 0 Å². The van der Waals surface area contributed by atoms with Gasteiger partial charge in [0.1, 0.15) is 5.75 Å². The van der Waals surface area contributed by atoms with Gasteiger partial charge in [-0.05, 0) is 43.6 Å². The summed E-state index contributed by atoms with van der Waals surface area (Å²) in [5.74, 6) is 0.762. The highest BCUT2D eigenvalue weighted by atomic mass is 35.5. The molecule has 1 aliphatic heterocycles. The first-order valence-electron chi connectivity index (χ1n) is 4.84. The van der Waals surface area contributed by atoms with Gasteiger partial charge in [-0.15, -0.1) is 0 Å². The number of rotatable bonds is 1. The smallest absolute Gasteiger partial charge is 0.117 e. The number of halogens is 1. The molecule has 0 saturated carbocycles. The number of phenols is 1. The second-order valence-corrected chi connectivity index (χ2v) is 4.36. The first kappa shape index (κ1) is 9.81. The number of nitrogens with zero attached hydrogens (tertiary/aromatic N) is 1. The van der Waals surface area contributed by atoms with E-state index in [1.807, 2.05) is 6.07 Å². The molecule has 1 aromatic carbocycles. The molecule has 14 heavy (non-hydrogen) atoms.